The van der Waals surface area contributed by atoms with Crippen molar-refractivity contribution in [1.82, 2.24) is 4.98 Å². The van der Waals surface area contributed by atoms with E-state index < -0.39 is 6.43 Å². The lowest BCUT2D eigenvalue weighted by molar-refractivity contribution is 0.151. The molecule has 1 aromatic heterocycles. The fourth-order valence-electron chi connectivity index (χ4n) is 0.816. The Bertz CT molecular complexity index is 320. The van der Waals surface area contributed by atoms with Gasteiger partial charge in [0.1, 0.15) is 4.60 Å². The molecule has 0 bridgehead atoms. The second kappa shape index (κ2) is 4.66. The van der Waals surface area contributed by atoms with E-state index >= 15 is 0 Å². The van der Waals surface area contributed by atoms with Gasteiger partial charge in [0, 0.05) is 10.9 Å². The molecule has 1 aromatic rings. The summed E-state index contributed by atoms with van der Waals surface area (Å²) in [5.41, 5.74) is 0.212. The summed E-state index contributed by atoms with van der Waals surface area (Å²) in [5, 5.41) is 0.375. The van der Waals surface area contributed by atoms with Crippen LogP contribution in [0.1, 0.15) is 17.7 Å². The van der Waals surface area contributed by atoms with Crippen molar-refractivity contribution in [3.05, 3.63) is 26.9 Å². The first-order chi connectivity index (χ1) is 6.06. The molecule has 0 amide bonds. The van der Waals surface area contributed by atoms with E-state index in [-0.39, 0.29) is 10.6 Å². The fourth-order valence-corrected chi connectivity index (χ4v) is 2.09. The van der Waals surface area contributed by atoms with Gasteiger partial charge in [0.2, 0.25) is 0 Å². The maximum Gasteiger partial charge on any atom is 0.265 e. The minimum absolute atomic E-state index is 0.0232. The van der Waals surface area contributed by atoms with Crippen LogP contribution in [0.25, 0.3) is 0 Å². The van der Waals surface area contributed by atoms with Crippen molar-refractivity contribution in [2.75, 3.05) is 0 Å². The number of alkyl halides is 3. The number of hydrogen-bond donors (Lipinski definition) is 0. The van der Waals surface area contributed by atoms with Crippen molar-refractivity contribution in [2.45, 2.75) is 11.8 Å². The highest BCUT2D eigenvalue weighted by Gasteiger charge is 2.16. The van der Waals surface area contributed by atoms with E-state index in [2.05, 4.69) is 36.8 Å². The zero-order chi connectivity index (χ0) is 10.0. The van der Waals surface area contributed by atoms with Gasteiger partial charge in [-0.1, -0.05) is 27.5 Å². The second-order valence-electron chi connectivity index (χ2n) is 2.23. The van der Waals surface area contributed by atoms with Crippen molar-refractivity contribution < 1.29 is 8.78 Å². The quantitative estimate of drug-likeness (QED) is 0.579. The molecular formula is C7H4Br2ClF2N. The van der Waals surface area contributed by atoms with Gasteiger partial charge in [0.15, 0.2) is 0 Å². The normalized spacial score (nSPS) is 10.9. The van der Waals surface area contributed by atoms with Crippen molar-refractivity contribution in [1.29, 1.82) is 0 Å². The highest BCUT2D eigenvalue weighted by atomic mass is 79.9. The SMILES string of the molecule is FC(F)c1cc(Br)nc(CBr)c1Cl. The summed E-state index contributed by atoms with van der Waals surface area (Å²) in [6.45, 7) is 0. The molecule has 1 nitrogen and oxygen atoms in total. The summed E-state index contributed by atoms with van der Waals surface area (Å²) in [6.07, 6.45) is -2.58. The van der Waals surface area contributed by atoms with Crippen molar-refractivity contribution in [2.24, 2.45) is 0 Å². The summed E-state index contributed by atoms with van der Waals surface area (Å²) >= 11 is 11.8. The summed E-state index contributed by atoms with van der Waals surface area (Å²) in [6, 6.07) is 1.22. The third-order valence-electron chi connectivity index (χ3n) is 1.38. The third kappa shape index (κ3) is 2.60. The Balaban J connectivity index is 3.27. The van der Waals surface area contributed by atoms with E-state index in [1.807, 2.05) is 0 Å². The van der Waals surface area contributed by atoms with Crippen LogP contribution in [0, 0.1) is 0 Å². The highest BCUT2D eigenvalue weighted by molar-refractivity contribution is 9.10. The molecule has 0 saturated heterocycles. The summed E-state index contributed by atoms with van der Waals surface area (Å²) in [5.74, 6) is 0. The minimum Gasteiger partial charge on any atom is -0.243 e. The Morgan fingerprint density at radius 3 is 2.62 bits per heavy atom. The molecule has 0 aliphatic heterocycles. The predicted octanol–water partition coefficient (Wildman–Crippen LogP) is 4.33. The molecule has 0 radical (unpaired) electrons. The number of halogens is 5. The zero-order valence-electron chi connectivity index (χ0n) is 6.20. The standard InChI is InChI=1S/C7H4Br2ClF2N/c8-2-4-6(10)3(7(11)12)1-5(9)13-4/h1,7H,2H2. The maximum atomic E-state index is 12.4. The van der Waals surface area contributed by atoms with Gasteiger partial charge < -0.3 is 0 Å². The van der Waals surface area contributed by atoms with E-state index in [1.165, 1.54) is 6.07 Å². The number of rotatable bonds is 2. The van der Waals surface area contributed by atoms with Crippen LogP contribution in [-0.2, 0) is 5.33 Å². The molecule has 72 valence electrons. The lowest BCUT2D eigenvalue weighted by Gasteiger charge is -2.06. The molecular weight excluding hydrogens is 331 g/mol. The minimum atomic E-state index is -2.58. The molecule has 13 heavy (non-hydrogen) atoms. The third-order valence-corrected chi connectivity index (χ3v) is 2.76. The van der Waals surface area contributed by atoms with E-state index in [4.69, 9.17) is 11.6 Å². The molecule has 0 aliphatic rings. The zero-order valence-corrected chi connectivity index (χ0v) is 10.1. The van der Waals surface area contributed by atoms with E-state index in [0.29, 0.717) is 15.6 Å². The molecule has 0 unspecified atom stereocenters. The predicted molar refractivity (Wildman–Crippen MR) is 54.5 cm³/mol. The van der Waals surface area contributed by atoms with Crippen LogP contribution in [0.5, 0.6) is 0 Å². The number of aromatic nitrogens is 1. The van der Waals surface area contributed by atoms with Crippen LogP contribution in [0.4, 0.5) is 8.78 Å². The first-order valence-electron chi connectivity index (χ1n) is 3.25. The molecule has 1 heterocycles. The molecule has 6 heteroatoms. The second-order valence-corrected chi connectivity index (χ2v) is 3.98. The lowest BCUT2D eigenvalue weighted by Crippen LogP contribution is -1.95. The van der Waals surface area contributed by atoms with Crippen LogP contribution >= 0.6 is 43.5 Å². The van der Waals surface area contributed by atoms with E-state index in [9.17, 15) is 8.78 Å². The molecule has 0 N–H and O–H groups in total. The Morgan fingerprint density at radius 1 is 1.54 bits per heavy atom. The van der Waals surface area contributed by atoms with E-state index in [1.54, 1.807) is 0 Å². The van der Waals surface area contributed by atoms with Crippen LogP contribution in [0.2, 0.25) is 5.02 Å². The van der Waals surface area contributed by atoms with Gasteiger partial charge >= 0.3 is 0 Å². The fraction of sp³-hybridized carbons (Fsp3) is 0.286. The van der Waals surface area contributed by atoms with Gasteiger partial charge in [-0.25, -0.2) is 13.8 Å². The van der Waals surface area contributed by atoms with Crippen LogP contribution in [0.3, 0.4) is 0 Å². The molecule has 0 spiro atoms. The monoisotopic (exact) mass is 333 g/mol. The Hall–Kier alpha value is 0.260. The van der Waals surface area contributed by atoms with Gasteiger partial charge in [-0.2, -0.15) is 0 Å². The lowest BCUT2D eigenvalue weighted by atomic mass is 10.2. The smallest absolute Gasteiger partial charge is 0.243 e. The van der Waals surface area contributed by atoms with Crippen molar-refractivity contribution >= 4 is 43.5 Å². The molecule has 0 aromatic carbocycles. The van der Waals surface area contributed by atoms with Crippen molar-refractivity contribution in [3.63, 3.8) is 0 Å². The Morgan fingerprint density at radius 2 is 2.15 bits per heavy atom. The van der Waals surface area contributed by atoms with E-state index in [0.717, 1.165) is 0 Å². The van der Waals surface area contributed by atoms with Gasteiger partial charge in [0.05, 0.1) is 10.7 Å². The first kappa shape index (κ1) is 11.3. The number of hydrogen-bond acceptors (Lipinski definition) is 1. The summed E-state index contributed by atoms with van der Waals surface area (Å²) in [7, 11) is 0. The summed E-state index contributed by atoms with van der Waals surface area (Å²) in [4.78, 5) is 3.94. The molecule has 1 rings (SSSR count). The van der Waals surface area contributed by atoms with Gasteiger partial charge in [-0.3, -0.25) is 0 Å². The topological polar surface area (TPSA) is 12.9 Å². The molecule has 0 aliphatic carbocycles. The average molecular weight is 335 g/mol. The van der Waals surface area contributed by atoms with Crippen LogP contribution < -0.4 is 0 Å². The maximum absolute atomic E-state index is 12.4. The molecule has 0 atom stereocenters. The summed E-state index contributed by atoms with van der Waals surface area (Å²) < 4.78 is 25.1. The average Bonchev–Trinajstić information content (AvgIpc) is 2.08. The number of nitrogens with zero attached hydrogens (tertiary/aromatic N) is 1. The molecule has 0 saturated carbocycles. The largest absolute Gasteiger partial charge is 0.265 e. The molecule has 0 fully saturated rings. The van der Waals surface area contributed by atoms with Crippen LogP contribution in [0.15, 0.2) is 10.7 Å². The Kier molecular flexibility index (Phi) is 4.06. The first-order valence-corrected chi connectivity index (χ1v) is 5.54. The van der Waals surface area contributed by atoms with Crippen LogP contribution in [-0.4, -0.2) is 4.98 Å². The van der Waals surface area contributed by atoms with Gasteiger partial charge in [-0.15, -0.1) is 0 Å². The van der Waals surface area contributed by atoms with Gasteiger partial charge in [-0.05, 0) is 22.0 Å². The highest BCUT2D eigenvalue weighted by Crippen LogP contribution is 2.31. The van der Waals surface area contributed by atoms with Crippen molar-refractivity contribution in [3.8, 4) is 0 Å². The Labute approximate surface area is 95.8 Å². The number of pyridine rings is 1. The van der Waals surface area contributed by atoms with Gasteiger partial charge in [0.25, 0.3) is 6.43 Å².